The van der Waals surface area contributed by atoms with E-state index < -0.39 is 6.09 Å². The normalized spacial score (nSPS) is 9.38. The molecule has 0 aliphatic heterocycles. The van der Waals surface area contributed by atoms with E-state index in [0.29, 0.717) is 0 Å². The number of ether oxygens (including phenoxy) is 1. The molecule has 0 fully saturated rings. The fourth-order valence-corrected chi connectivity index (χ4v) is 1.98. The standard InChI is InChI=1S/C17H14BrNO2/c18-16-11-5-4-9-15(16)10-6-12-19-17(20)21-13-14-7-2-1-3-8-14/h1-5,7-9,11H,12-13H2,(H,19,20). The van der Waals surface area contributed by atoms with Gasteiger partial charge in [0, 0.05) is 10.0 Å². The molecule has 106 valence electrons. The van der Waals surface area contributed by atoms with Gasteiger partial charge in [0.1, 0.15) is 6.61 Å². The Morgan fingerprint density at radius 3 is 2.57 bits per heavy atom. The van der Waals surface area contributed by atoms with Gasteiger partial charge in [-0.1, -0.05) is 54.3 Å². The number of hydrogen-bond donors (Lipinski definition) is 1. The van der Waals surface area contributed by atoms with Crippen LogP contribution < -0.4 is 5.32 Å². The Bertz CT molecular complexity index is 659. The minimum Gasteiger partial charge on any atom is -0.445 e. The van der Waals surface area contributed by atoms with E-state index in [1.165, 1.54) is 0 Å². The molecule has 0 aliphatic rings. The van der Waals surface area contributed by atoms with Crippen LogP contribution in [0.25, 0.3) is 0 Å². The van der Waals surface area contributed by atoms with Crippen LogP contribution in [-0.4, -0.2) is 12.6 Å². The highest BCUT2D eigenvalue weighted by Gasteiger charge is 2.00. The molecular formula is C17H14BrNO2. The zero-order chi connectivity index (χ0) is 14.9. The molecule has 0 unspecified atom stereocenters. The molecule has 21 heavy (non-hydrogen) atoms. The van der Waals surface area contributed by atoms with E-state index >= 15 is 0 Å². The molecule has 0 atom stereocenters. The summed E-state index contributed by atoms with van der Waals surface area (Å²) in [5.41, 5.74) is 1.84. The first kappa shape index (κ1) is 15.1. The lowest BCUT2D eigenvalue weighted by atomic mass is 10.2. The van der Waals surface area contributed by atoms with Crippen molar-refractivity contribution in [3.63, 3.8) is 0 Å². The molecule has 1 amide bonds. The highest BCUT2D eigenvalue weighted by atomic mass is 79.9. The molecule has 0 bridgehead atoms. The van der Waals surface area contributed by atoms with Gasteiger partial charge < -0.3 is 10.1 Å². The number of hydrogen-bond acceptors (Lipinski definition) is 2. The first-order valence-electron chi connectivity index (χ1n) is 6.43. The average molecular weight is 344 g/mol. The third-order valence-electron chi connectivity index (χ3n) is 2.63. The average Bonchev–Trinajstić information content (AvgIpc) is 2.52. The fraction of sp³-hybridized carbons (Fsp3) is 0.118. The predicted octanol–water partition coefficient (Wildman–Crippen LogP) is 3.73. The Labute approximate surface area is 132 Å². The van der Waals surface area contributed by atoms with Crippen molar-refractivity contribution in [2.45, 2.75) is 6.61 Å². The number of carbonyl (C=O) groups is 1. The van der Waals surface area contributed by atoms with Crippen LogP contribution in [0.3, 0.4) is 0 Å². The molecule has 2 aromatic carbocycles. The summed E-state index contributed by atoms with van der Waals surface area (Å²) in [6.45, 7) is 0.499. The second-order valence-electron chi connectivity index (χ2n) is 4.20. The van der Waals surface area contributed by atoms with Crippen molar-refractivity contribution >= 4 is 22.0 Å². The zero-order valence-electron chi connectivity index (χ0n) is 11.3. The van der Waals surface area contributed by atoms with Gasteiger partial charge in [-0.3, -0.25) is 0 Å². The van der Waals surface area contributed by atoms with Crippen LogP contribution in [0, 0.1) is 11.8 Å². The summed E-state index contributed by atoms with van der Waals surface area (Å²) in [5.74, 6) is 5.85. The molecule has 1 N–H and O–H groups in total. The first-order valence-corrected chi connectivity index (χ1v) is 7.23. The lowest BCUT2D eigenvalue weighted by molar-refractivity contribution is 0.141. The van der Waals surface area contributed by atoms with E-state index in [1.807, 2.05) is 54.6 Å². The van der Waals surface area contributed by atoms with Gasteiger partial charge in [-0.15, -0.1) is 0 Å². The van der Waals surface area contributed by atoms with Crippen LogP contribution in [0.2, 0.25) is 0 Å². The SMILES string of the molecule is O=C(NCC#Cc1ccccc1Br)OCc1ccccc1. The molecule has 0 spiro atoms. The predicted molar refractivity (Wildman–Crippen MR) is 85.6 cm³/mol. The second kappa shape index (κ2) is 8.13. The number of rotatable bonds is 3. The highest BCUT2D eigenvalue weighted by molar-refractivity contribution is 9.10. The summed E-state index contributed by atoms with van der Waals surface area (Å²) in [6.07, 6.45) is -0.472. The van der Waals surface area contributed by atoms with Crippen LogP contribution in [0.4, 0.5) is 4.79 Å². The molecule has 0 radical (unpaired) electrons. The van der Waals surface area contributed by atoms with Gasteiger partial charge in [0.2, 0.25) is 0 Å². The van der Waals surface area contributed by atoms with Crippen molar-refractivity contribution in [3.8, 4) is 11.8 Å². The Morgan fingerprint density at radius 1 is 1.10 bits per heavy atom. The largest absolute Gasteiger partial charge is 0.445 e. The van der Waals surface area contributed by atoms with Crippen molar-refractivity contribution in [3.05, 3.63) is 70.2 Å². The van der Waals surface area contributed by atoms with Crippen LogP contribution in [0.1, 0.15) is 11.1 Å². The van der Waals surface area contributed by atoms with Crippen LogP contribution >= 0.6 is 15.9 Å². The zero-order valence-corrected chi connectivity index (χ0v) is 12.9. The maximum atomic E-state index is 11.5. The number of halogens is 1. The van der Waals surface area contributed by atoms with Crippen LogP contribution in [0.5, 0.6) is 0 Å². The van der Waals surface area contributed by atoms with Crippen molar-refractivity contribution < 1.29 is 9.53 Å². The maximum Gasteiger partial charge on any atom is 0.408 e. The Hall–Kier alpha value is -2.25. The highest BCUT2D eigenvalue weighted by Crippen LogP contribution is 2.13. The van der Waals surface area contributed by atoms with Gasteiger partial charge in [-0.05, 0) is 33.6 Å². The van der Waals surface area contributed by atoms with Crippen molar-refractivity contribution in [2.24, 2.45) is 0 Å². The molecule has 0 aromatic heterocycles. The van der Waals surface area contributed by atoms with E-state index in [2.05, 4.69) is 33.1 Å². The first-order chi connectivity index (χ1) is 10.3. The van der Waals surface area contributed by atoms with E-state index in [-0.39, 0.29) is 13.2 Å². The molecule has 0 saturated heterocycles. The topological polar surface area (TPSA) is 38.3 Å². The summed E-state index contributed by atoms with van der Waals surface area (Å²) >= 11 is 3.41. The Balaban J connectivity index is 1.74. The number of benzene rings is 2. The van der Waals surface area contributed by atoms with Crippen molar-refractivity contribution in [1.29, 1.82) is 0 Å². The number of nitrogens with one attached hydrogen (secondary N) is 1. The van der Waals surface area contributed by atoms with Gasteiger partial charge in [0.05, 0.1) is 6.54 Å². The quantitative estimate of drug-likeness (QED) is 0.862. The summed E-state index contributed by atoms with van der Waals surface area (Å²) in [4.78, 5) is 11.5. The maximum absolute atomic E-state index is 11.5. The Morgan fingerprint density at radius 2 is 1.81 bits per heavy atom. The minimum atomic E-state index is -0.472. The molecular weight excluding hydrogens is 330 g/mol. The molecule has 3 nitrogen and oxygen atoms in total. The molecule has 2 aromatic rings. The van der Waals surface area contributed by atoms with E-state index in [4.69, 9.17) is 4.74 Å². The van der Waals surface area contributed by atoms with Gasteiger partial charge in [0.15, 0.2) is 0 Å². The van der Waals surface area contributed by atoms with E-state index in [9.17, 15) is 4.79 Å². The minimum absolute atomic E-state index is 0.245. The Kier molecular flexibility index (Phi) is 5.86. The molecule has 2 rings (SSSR count). The van der Waals surface area contributed by atoms with E-state index in [1.54, 1.807) is 0 Å². The van der Waals surface area contributed by atoms with Crippen molar-refractivity contribution in [2.75, 3.05) is 6.54 Å². The second-order valence-corrected chi connectivity index (χ2v) is 5.05. The number of alkyl carbamates (subject to hydrolysis) is 1. The van der Waals surface area contributed by atoms with Gasteiger partial charge >= 0.3 is 6.09 Å². The van der Waals surface area contributed by atoms with Gasteiger partial charge in [-0.2, -0.15) is 0 Å². The number of amides is 1. The monoisotopic (exact) mass is 343 g/mol. The third-order valence-corrected chi connectivity index (χ3v) is 3.32. The molecule has 4 heteroatoms. The molecule has 0 aliphatic carbocycles. The molecule has 0 heterocycles. The third kappa shape index (κ3) is 5.33. The van der Waals surface area contributed by atoms with Crippen LogP contribution in [-0.2, 0) is 11.3 Å². The van der Waals surface area contributed by atoms with Crippen molar-refractivity contribution in [1.82, 2.24) is 5.32 Å². The lowest BCUT2D eigenvalue weighted by Crippen LogP contribution is -2.24. The summed E-state index contributed by atoms with van der Waals surface area (Å²) < 4.78 is 6.01. The smallest absolute Gasteiger partial charge is 0.408 e. The lowest BCUT2D eigenvalue weighted by Gasteiger charge is -2.04. The summed E-state index contributed by atoms with van der Waals surface area (Å²) in [7, 11) is 0. The van der Waals surface area contributed by atoms with Crippen LogP contribution in [0.15, 0.2) is 59.1 Å². The molecule has 0 saturated carbocycles. The van der Waals surface area contributed by atoms with Gasteiger partial charge in [0.25, 0.3) is 0 Å². The summed E-state index contributed by atoms with van der Waals surface area (Å²) in [6, 6.07) is 17.2. The summed E-state index contributed by atoms with van der Waals surface area (Å²) in [5, 5.41) is 2.59. The number of carbonyl (C=O) groups excluding carboxylic acids is 1. The van der Waals surface area contributed by atoms with Gasteiger partial charge in [-0.25, -0.2) is 4.79 Å². The fourth-order valence-electron chi connectivity index (χ4n) is 1.59. The van der Waals surface area contributed by atoms with E-state index in [0.717, 1.165) is 15.6 Å².